The van der Waals surface area contributed by atoms with E-state index in [0.29, 0.717) is 5.92 Å². The zero-order valence-electron chi connectivity index (χ0n) is 9.90. The predicted octanol–water partition coefficient (Wildman–Crippen LogP) is 3.25. The van der Waals surface area contributed by atoms with Crippen molar-refractivity contribution in [2.45, 2.75) is 46.1 Å². The van der Waals surface area contributed by atoms with Crippen LogP contribution in [0.1, 0.15) is 50.5 Å². The fraction of sp³-hybridized carbons (Fsp3) is 0.615. The number of hydrogen-bond donors (Lipinski definition) is 1. The van der Waals surface area contributed by atoms with Gasteiger partial charge in [0.1, 0.15) is 0 Å². The number of rotatable bonds is 5. The van der Waals surface area contributed by atoms with E-state index >= 15 is 0 Å². The molecule has 0 aliphatic rings. The van der Waals surface area contributed by atoms with Crippen molar-refractivity contribution >= 4 is 0 Å². The fourth-order valence-electron chi connectivity index (χ4n) is 1.75. The van der Waals surface area contributed by atoms with Crippen LogP contribution in [0.4, 0.5) is 0 Å². The van der Waals surface area contributed by atoms with Gasteiger partial charge in [-0.15, -0.1) is 0 Å². The van der Waals surface area contributed by atoms with E-state index in [0.717, 1.165) is 30.5 Å². The molecular weight excluding hydrogens is 186 g/mol. The van der Waals surface area contributed by atoms with E-state index < -0.39 is 0 Å². The minimum absolute atomic E-state index is 0.358. The van der Waals surface area contributed by atoms with Crippen molar-refractivity contribution in [1.82, 2.24) is 4.98 Å². The van der Waals surface area contributed by atoms with Crippen LogP contribution >= 0.6 is 0 Å². The molecule has 84 valence electrons. The van der Waals surface area contributed by atoms with E-state index in [2.05, 4.69) is 18.8 Å². The number of aryl methyl sites for hydroxylation is 1. The number of nitrogens with zero attached hydrogens (tertiary/aromatic N) is 1. The highest BCUT2D eigenvalue weighted by Crippen LogP contribution is 2.24. The van der Waals surface area contributed by atoms with Gasteiger partial charge < -0.3 is 5.11 Å². The van der Waals surface area contributed by atoms with Gasteiger partial charge in [0.05, 0.1) is 6.10 Å². The van der Waals surface area contributed by atoms with Crippen molar-refractivity contribution in [2.24, 2.45) is 5.92 Å². The third-order valence-corrected chi connectivity index (χ3v) is 3.03. The van der Waals surface area contributed by atoms with Crippen molar-refractivity contribution in [2.75, 3.05) is 0 Å². The number of aliphatic hydroxyl groups excluding tert-OH is 1. The van der Waals surface area contributed by atoms with Crippen molar-refractivity contribution in [3.8, 4) is 0 Å². The van der Waals surface area contributed by atoms with Gasteiger partial charge in [0.25, 0.3) is 0 Å². The first kappa shape index (κ1) is 12.2. The molecule has 1 atom stereocenters. The molecule has 15 heavy (non-hydrogen) atoms. The quantitative estimate of drug-likeness (QED) is 0.804. The standard InChI is InChI=1S/C13H21NO/c1-4-11(5-2)8-13(15)12-7-6-10(3)14-9-12/h6-7,9,11,13,15H,4-5,8H2,1-3H3. The normalized spacial score (nSPS) is 13.1. The molecule has 0 saturated heterocycles. The molecular formula is C13H21NO. The van der Waals surface area contributed by atoms with Crippen LogP contribution in [0, 0.1) is 12.8 Å². The Hall–Kier alpha value is -0.890. The third kappa shape index (κ3) is 3.63. The van der Waals surface area contributed by atoms with Gasteiger partial charge >= 0.3 is 0 Å². The van der Waals surface area contributed by atoms with E-state index in [1.807, 2.05) is 19.1 Å². The average molecular weight is 207 g/mol. The molecule has 0 spiro atoms. The van der Waals surface area contributed by atoms with E-state index in [9.17, 15) is 5.11 Å². The summed E-state index contributed by atoms with van der Waals surface area (Å²) in [6.07, 6.45) is 4.53. The molecule has 0 aliphatic carbocycles. The van der Waals surface area contributed by atoms with Crippen molar-refractivity contribution in [3.63, 3.8) is 0 Å². The Morgan fingerprint density at radius 2 is 1.93 bits per heavy atom. The summed E-state index contributed by atoms with van der Waals surface area (Å²) in [5.74, 6) is 0.612. The zero-order chi connectivity index (χ0) is 11.3. The monoisotopic (exact) mass is 207 g/mol. The molecule has 0 radical (unpaired) electrons. The van der Waals surface area contributed by atoms with E-state index in [-0.39, 0.29) is 6.10 Å². The van der Waals surface area contributed by atoms with Crippen LogP contribution in [0.3, 0.4) is 0 Å². The summed E-state index contributed by atoms with van der Waals surface area (Å²) in [4.78, 5) is 4.20. The highest BCUT2D eigenvalue weighted by atomic mass is 16.3. The highest BCUT2D eigenvalue weighted by molar-refractivity contribution is 5.15. The maximum absolute atomic E-state index is 10.0. The van der Waals surface area contributed by atoms with Gasteiger partial charge in [-0.05, 0) is 30.9 Å². The minimum atomic E-state index is -0.358. The van der Waals surface area contributed by atoms with Gasteiger partial charge in [-0.1, -0.05) is 32.8 Å². The first-order valence-electron chi connectivity index (χ1n) is 5.78. The SMILES string of the molecule is CCC(CC)CC(O)c1ccc(C)nc1. The second kappa shape index (κ2) is 5.86. The Kier molecular flexibility index (Phi) is 4.76. The number of pyridine rings is 1. The number of aromatic nitrogens is 1. The second-order valence-electron chi connectivity index (χ2n) is 4.17. The molecule has 0 aliphatic heterocycles. The molecule has 0 aromatic carbocycles. The summed E-state index contributed by atoms with van der Waals surface area (Å²) in [6.45, 7) is 6.31. The zero-order valence-corrected chi connectivity index (χ0v) is 9.90. The minimum Gasteiger partial charge on any atom is -0.388 e. The van der Waals surface area contributed by atoms with Crippen LogP contribution in [-0.4, -0.2) is 10.1 Å². The average Bonchev–Trinajstić information content (AvgIpc) is 2.26. The Labute approximate surface area is 92.4 Å². The Balaban J connectivity index is 2.60. The van der Waals surface area contributed by atoms with Crippen LogP contribution in [0.5, 0.6) is 0 Å². The molecule has 0 saturated carbocycles. The smallest absolute Gasteiger partial charge is 0.0807 e. The van der Waals surface area contributed by atoms with Crippen LogP contribution in [0.25, 0.3) is 0 Å². The predicted molar refractivity (Wildman–Crippen MR) is 62.6 cm³/mol. The maximum atomic E-state index is 10.0. The summed E-state index contributed by atoms with van der Waals surface area (Å²) in [6, 6.07) is 3.92. The summed E-state index contributed by atoms with van der Waals surface area (Å²) >= 11 is 0. The van der Waals surface area contributed by atoms with E-state index in [1.54, 1.807) is 6.20 Å². The topological polar surface area (TPSA) is 33.1 Å². The molecule has 1 N–H and O–H groups in total. The first-order chi connectivity index (χ1) is 7.17. The molecule has 1 heterocycles. The maximum Gasteiger partial charge on any atom is 0.0807 e. The van der Waals surface area contributed by atoms with Crippen molar-refractivity contribution in [1.29, 1.82) is 0 Å². The molecule has 1 unspecified atom stereocenters. The van der Waals surface area contributed by atoms with Crippen LogP contribution in [0.15, 0.2) is 18.3 Å². The molecule has 2 nitrogen and oxygen atoms in total. The Morgan fingerprint density at radius 1 is 1.27 bits per heavy atom. The lowest BCUT2D eigenvalue weighted by molar-refractivity contribution is 0.141. The summed E-state index contributed by atoms with van der Waals surface area (Å²) in [5.41, 5.74) is 1.93. The number of aliphatic hydroxyl groups is 1. The van der Waals surface area contributed by atoms with Gasteiger partial charge in [0.15, 0.2) is 0 Å². The highest BCUT2D eigenvalue weighted by Gasteiger charge is 2.13. The molecule has 0 bridgehead atoms. The molecule has 1 aromatic heterocycles. The molecule has 0 fully saturated rings. The van der Waals surface area contributed by atoms with Gasteiger partial charge in [0.2, 0.25) is 0 Å². The lowest BCUT2D eigenvalue weighted by atomic mass is 9.93. The summed E-state index contributed by atoms with van der Waals surface area (Å²) in [7, 11) is 0. The lowest BCUT2D eigenvalue weighted by Gasteiger charge is -2.17. The van der Waals surface area contributed by atoms with Crippen LogP contribution in [0.2, 0.25) is 0 Å². The third-order valence-electron chi connectivity index (χ3n) is 3.03. The van der Waals surface area contributed by atoms with E-state index in [4.69, 9.17) is 0 Å². The lowest BCUT2D eigenvalue weighted by Crippen LogP contribution is -2.06. The fourth-order valence-corrected chi connectivity index (χ4v) is 1.75. The second-order valence-corrected chi connectivity index (χ2v) is 4.17. The molecule has 2 heteroatoms. The number of hydrogen-bond acceptors (Lipinski definition) is 2. The molecule has 1 rings (SSSR count). The Bertz CT molecular complexity index is 277. The van der Waals surface area contributed by atoms with Crippen LogP contribution < -0.4 is 0 Å². The van der Waals surface area contributed by atoms with Gasteiger partial charge in [-0.2, -0.15) is 0 Å². The molecule has 1 aromatic rings. The summed E-state index contributed by atoms with van der Waals surface area (Å²) < 4.78 is 0. The van der Waals surface area contributed by atoms with Gasteiger partial charge in [-0.3, -0.25) is 4.98 Å². The van der Waals surface area contributed by atoms with Gasteiger partial charge in [0, 0.05) is 11.9 Å². The largest absolute Gasteiger partial charge is 0.388 e. The first-order valence-corrected chi connectivity index (χ1v) is 5.78. The van der Waals surface area contributed by atoms with Crippen LogP contribution in [-0.2, 0) is 0 Å². The van der Waals surface area contributed by atoms with E-state index in [1.165, 1.54) is 0 Å². The Morgan fingerprint density at radius 3 is 2.40 bits per heavy atom. The van der Waals surface area contributed by atoms with Crippen molar-refractivity contribution < 1.29 is 5.11 Å². The van der Waals surface area contributed by atoms with Gasteiger partial charge in [-0.25, -0.2) is 0 Å². The van der Waals surface area contributed by atoms with Crippen molar-refractivity contribution in [3.05, 3.63) is 29.6 Å². The molecule has 0 amide bonds. The summed E-state index contributed by atoms with van der Waals surface area (Å²) in [5, 5.41) is 10.0.